The van der Waals surface area contributed by atoms with Crippen LogP contribution in [0.15, 0.2) is 54.6 Å². The van der Waals surface area contributed by atoms with Crippen molar-refractivity contribution >= 4 is 11.9 Å². The monoisotopic (exact) mass is 297 g/mol. The van der Waals surface area contributed by atoms with Crippen molar-refractivity contribution in [2.75, 3.05) is 7.11 Å². The third-order valence-electron chi connectivity index (χ3n) is 3.58. The van der Waals surface area contributed by atoms with Gasteiger partial charge in [0.2, 0.25) is 5.78 Å². The van der Waals surface area contributed by atoms with Crippen LogP contribution in [0.5, 0.6) is 5.75 Å². The SMILES string of the molecule is COc1cccc(C(=O)[C@@H]2OC(=O)N[C@H]2c2ccccc2)c1. The first-order valence-electron chi connectivity index (χ1n) is 6.89. The molecule has 112 valence electrons. The highest BCUT2D eigenvalue weighted by Gasteiger charge is 2.40. The Labute approximate surface area is 127 Å². The Kier molecular flexibility index (Phi) is 3.78. The number of ketones is 1. The van der Waals surface area contributed by atoms with E-state index >= 15 is 0 Å². The number of alkyl carbamates (subject to hydrolysis) is 1. The van der Waals surface area contributed by atoms with Gasteiger partial charge in [0, 0.05) is 5.56 Å². The Morgan fingerprint density at radius 2 is 1.91 bits per heavy atom. The first-order valence-corrected chi connectivity index (χ1v) is 6.89. The zero-order valence-electron chi connectivity index (χ0n) is 12.0. The van der Waals surface area contributed by atoms with E-state index in [4.69, 9.17) is 9.47 Å². The molecule has 2 aromatic carbocycles. The molecular formula is C17H15NO4. The Morgan fingerprint density at radius 1 is 1.14 bits per heavy atom. The second-order valence-corrected chi connectivity index (χ2v) is 4.95. The third kappa shape index (κ3) is 2.65. The number of hydrogen-bond donors (Lipinski definition) is 1. The molecule has 1 heterocycles. The summed E-state index contributed by atoms with van der Waals surface area (Å²) in [7, 11) is 1.54. The fourth-order valence-electron chi connectivity index (χ4n) is 2.48. The van der Waals surface area contributed by atoms with Gasteiger partial charge in [0.25, 0.3) is 0 Å². The van der Waals surface area contributed by atoms with Crippen LogP contribution in [0.25, 0.3) is 0 Å². The van der Waals surface area contributed by atoms with Crippen molar-refractivity contribution in [1.29, 1.82) is 0 Å². The molecule has 22 heavy (non-hydrogen) atoms. The number of methoxy groups -OCH3 is 1. The summed E-state index contributed by atoms with van der Waals surface area (Å²) in [5.41, 5.74) is 1.27. The van der Waals surface area contributed by atoms with Crippen molar-refractivity contribution in [1.82, 2.24) is 5.32 Å². The van der Waals surface area contributed by atoms with Crippen LogP contribution in [0.4, 0.5) is 4.79 Å². The minimum absolute atomic E-state index is 0.258. The van der Waals surface area contributed by atoms with Crippen LogP contribution in [-0.4, -0.2) is 25.1 Å². The van der Waals surface area contributed by atoms with Crippen LogP contribution in [0.3, 0.4) is 0 Å². The first kappa shape index (κ1) is 14.1. The van der Waals surface area contributed by atoms with Gasteiger partial charge in [0.05, 0.1) is 7.11 Å². The molecule has 0 spiro atoms. The lowest BCUT2D eigenvalue weighted by Crippen LogP contribution is -2.29. The number of amides is 1. The maximum Gasteiger partial charge on any atom is 0.408 e. The standard InChI is InChI=1S/C17H15NO4/c1-21-13-9-5-8-12(10-13)15(19)16-14(18-17(20)22-16)11-6-3-2-4-7-11/h2-10,14,16H,1H3,(H,18,20)/t14-,16+/m0/s1. The highest BCUT2D eigenvalue weighted by molar-refractivity contribution is 6.02. The summed E-state index contributed by atoms with van der Waals surface area (Å²) in [6.45, 7) is 0. The topological polar surface area (TPSA) is 64.6 Å². The Balaban J connectivity index is 1.91. The Bertz CT molecular complexity index is 699. The van der Waals surface area contributed by atoms with Crippen LogP contribution in [0.1, 0.15) is 22.0 Å². The molecule has 0 aliphatic carbocycles. The van der Waals surface area contributed by atoms with Crippen LogP contribution in [0, 0.1) is 0 Å². The molecular weight excluding hydrogens is 282 g/mol. The predicted octanol–water partition coefficient (Wildman–Crippen LogP) is 2.73. The van der Waals surface area contributed by atoms with Crippen molar-refractivity contribution in [2.24, 2.45) is 0 Å². The number of carbonyl (C=O) groups is 2. The van der Waals surface area contributed by atoms with Gasteiger partial charge in [-0.15, -0.1) is 0 Å². The summed E-state index contributed by atoms with van der Waals surface area (Å²) >= 11 is 0. The minimum Gasteiger partial charge on any atom is -0.497 e. The molecule has 0 unspecified atom stereocenters. The van der Waals surface area contributed by atoms with E-state index in [1.165, 1.54) is 7.11 Å². The molecule has 3 rings (SSSR count). The molecule has 0 aromatic heterocycles. The lowest BCUT2D eigenvalue weighted by molar-refractivity contribution is 0.0721. The number of hydrogen-bond acceptors (Lipinski definition) is 4. The van der Waals surface area contributed by atoms with Crippen molar-refractivity contribution in [3.8, 4) is 5.75 Å². The molecule has 5 nitrogen and oxygen atoms in total. The van der Waals surface area contributed by atoms with Gasteiger partial charge < -0.3 is 14.8 Å². The molecule has 1 aliphatic heterocycles. The van der Waals surface area contributed by atoms with Crippen LogP contribution < -0.4 is 10.1 Å². The normalized spacial score (nSPS) is 20.1. The Hall–Kier alpha value is -2.82. The van der Waals surface area contributed by atoms with E-state index in [9.17, 15) is 9.59 Å². The van der Waals surface area contributed by atoms with Crippen molar-refractivity contribution < 1.29 is 19.1 Å². The molecule has 1 aliphatic rings. The number of carbonyl (C=O) groups excluding carboxylic acids is 2. The number of rotatable bonds is 4. The van der Waals surface area contributed by atoms with Crippen molar-refractivity contribution in [3.63, 3.8) is 0 Å². The van der Waals surface area contributed by atoms with E-state index in [-0.39, 0.29) is 5.78 Å². The molecule has 0 radical (unpaired) electrons. The summed E-state index contributed by atoms with van der Waals surface area (Å²) < 4.78 is 10.3. The van der Waals surface area contributed by atoms with Gasteiger partial charge in [-0.3, -0.25) is 4.79 Å². The van der Waals surface area contributed by atoms with Gasteiger partial charge in [0.15, 0.2) is 6.10 Å². The zero-order valence-corrected chi connectivity index (χ0v) is 12.0. The highest BCUT2D eigenvalue weighted by Crippen LogP contribution is 2.28. The highest BCUT2D eigenvalue weighted by atomic mass is 16.6. The van der Waals surface area contributed by atoms with Gasteiger partial charge in [-0.1, -0.05) is 42.5 Å². The van der Waals surface area contributed by atoms with Gasteiger partial charge in [0.1, 0.15) is 11.8 Å². The predicted molar refractivity (Wildman–Crippen MR) is 79.9 cm³/mol. The maximum absolute atomic E-state index is 12.7. The molecule has 0 saturated carbocycles. The largest absolute Gasteiger partial charge is 0.497 e. The summed E-state index contributed by atoms with van der Waals surface area (Å²) in [5.74, 6) is 0.325. The molecule has 2 aromatic rings. The quantitative estimate of drug-likeness (QED) is 0.881. The molecule has 1 N–H and O–H groups in total. The zero-order chi connectivity index (χ0) is 15.5. The minimum atomic E-state index is -0.887. The summed E-state index contributed by atoms with van der Waals surface area (Å²) in [6.07, 6.45) is -1.47. The number of ether oxygens (including phenoxy) is 2. The fourth-order valence-corrected chi connectivity index (χ4v) is 2.48. The van der Waals surface area contributed by atoms with E-state index in [1.54, 1.807) is 24.3 Å². The van der Waals surface area contributed by atoms with Gasteiger partial charge >= 0.3 is 6.09 Å². The Morgan fingerprint density at radius 3 is 2.64 bits per heavy atom. The average molecular weight is 297 g/mol. The van der Waals surface area contributed by atoms with Crippen LogP contribution >= 0.6 is 0 Å². The number of cyclic esters (lactones) is 1. The number of nitrogens with one attached hydrogen (secondary N) is 1. The van der Waals surface area contributed by atoms with E-state index < -0.39 is 18.2 Å². The molecule has 1 amide bonds. The van der Waals surface area contributed by atoms with E-state index in [0.29, 0.717) is 11.3 Å². The molecule has 5 heteroatoms. The van der Waals surface area contributed by atoms with E-state index in [2.05, 4.69) is 5.32 Å². The van der Waals surface area contributed by atoms with Gasteiger partial charge in [-0.2, -0.15) is 0 Å². The second kappa shape index (κ2) is 5.89. The molecule has 2 atom stereocenters. The van der Waals surface area contributed by atoms with Crippen LogP contribution in [-0.2, 0) is 4.74 Å². The second-order valence-electron chi connectivity index (χ2n) is 4.95. The molecule has 0 bridgehead atoms. The van der Waals surface area contributed by atoms with E-state index in [1.807, 2.05) is 30.3 Å². The maximum atomic E-state index is 12.7. The lowest BCUT2D eigenvalue weighted by atomic mass is 9.95. The van der Waals surface area contributed by atoms with Gasteiger partial charge in [-0.05, 0) is 17.7 Å². The van der Waals surface area contributed by atoms with Crippen LogP contribution in [0.2, 0.25) is 0 Å². The smallest absolute Gasteiger partial charge is 0.408 e. The number of Topliss-reactive ketones (excluding diaryl/α,β-unsaturated/α-hetero) is 1. The fraction of sp³-hybridized carbons (Fsp3) is 0.176. The molecule has 1 saturated heterocycles. The lowest BCUT2D eigenvalue weighted by Gasteiger charge is -2.16. The number of benzene rings is 2. The van der Waals surface area contributed by atoms with Crippen molar-refractivity contribution in [3.05, 3.63) is 65.7 Å². The third-order valence-corrected chi connectivity index (χ3v) is 3.58. The molecule has 1 fully saturated rings. The summed E-state index contributed by atoms with van der Waals surface area (Å²) in [4.78, 5) is 24.3. The average Bonchev–Trinajstić information content (AvgIpc) is 2.97. The van der Waals surface area contributed by atoms with Crippen molar-refractivity contribution in [2.45, 2.75) is 12.1 Å². The summed E-state index contributed by atoms with van der Waals surface area (Å²) in [6, 6.07) is 15.6. The van der Waals surface area contributed by atoms with Gasteiger partial charge in [-0.25, -0.2) is 4.79 Å². The van der Waals surface area contributed by atoms with E-state index in [0.717, 1.165) is 5.56 Å². The first-order chi connectivity index (χ1) is 10.7. The summed E-state index contributed by atoms with van der Waals surface area (Å²) in [5, 5.41) is 2.69.